The number of hydrogen-bond donors (Lipinski definition) is 0. The second-order valence-corrected chi connectivity index (χ2v) is 4.66. The number of hydrogen-bond acceptors (Lipinski definition) is 3. The maximum Gasteiger partial charge on any atom is 0.316 e. The van der Waals surface area contributed by atoms with Crippen LogP contribution in [-0.4, -0.2) is 25.3 Å². The average molecular weight is 184 g/mol. The van der Waals surface area contributed by atoms with Crippen LogP contribution < -0.4 is 0 Å². The molecule has 0 spiro atoms. The maximum atomic E-state index is 11.6. The fourth-order valence-electron chi connectivity index (χ4n) is 1.74. The molecular formula is C10H16O3. The summed E-state index contributed by atoms with van der Waals surface area (Å²) in [6, 6.07) is 0. The van der Waals surface area contributed by atoms with Crippen LogP contribution in [-0.2, 0) is 14.3 Å². The van der Waals surface area contributed by atoms with Gasteiger partial charge < -0.3 is 9.47 Å². The lowest BCUT2D eigenvalue weighted by atomic mass is 9.83. The molecule has 1 aliphatic heterocycles. The van der Waals surface area contributed by atoms with Crippen molar-refractivity contribution in [3.8, 4) is 0 Å². The number of rotatable bonds is 2. The van der Waals surface area contributed by atoms with Crippen molar-refractivity contribution < 1.29 is 14.3 Å². The molecule has 13 heavy (non-hydrogen) atoms. The van der Waals surface area contributed by atoms with E-state index in [2.05, 4.69) is 6.92 Å². The van der Waals surface area contributed by atoms with Crippen LogP contribution in [0.2, 0.25) is 0 Å². The Morgan fingerprint density at radius 2 is 2.08 bits per heavy atom. The molecule has 0 unspecified atom stereocenters. The summed E-state index contributed by atoms with van der Waals surface area (Å²) in [6.45, 7) is 5.13. The van der Waals surface area contributed by atoms with E-state index in [1.807, 2.05) is 6.92 Å². The largest absolute Gasteiger partial charge is 0.462 e. The topological polar surface area (TPSA) is 35.5 Å². The second-order valence-electron chi connectivity index (χ2n) is 4.66. The van der Waals surface area contributed by atoms with E-state index in [1.54, 1.807) is 0 Å². The Morgan fingerprint density at radius 3 is 2.46 bits per heavy atom. The summed E-state index contributed by atoms with van der Waals surface area (Å²) < 4.78 is 10.4. The molecule has 0 aromatic carbocycles. The Kier molecular flexibility index (Phi) is 2.06. The van der Waals surface area contributed by atoms with Crippen LogP contribution in [0, 0.1) is 11.3 Å². The Balaban J connectivity index is 1.78. The van der Waals surface area contributed by atoms with Gasteiger partial charge in [-0.3, -0.25) is 4.79 Å². The van der Waals surface area contributed by atoms with Gasteiger partial charge in [-0.1, -0.05) is 6.92 Å². The molecule has 0 N–H and O–H groups in total. The number of carbonyl (C=O) groups is 1. The molecule has 0 amide bonds. The molecule has 0 aromatic rings. The van der Waals surface area contributed by atoms with Gasteiger partial charge in [-0.2, -0.15) is 0 Å². The van der Waals surface area contributed by atoms with Crippen molar-refractivity contribution in [2.75, 3.05) is 13.2 Å². The quantitative estimate of drug-likeness (QED) is 0.608. The van der Waals surface area contributed by atoms with Crippen LogP contribution in [0.25, 0.3) is 0 Å². The molecule has 2 aliphatic rings. The van der Waals surface area contributed by atoms with Gasteiger partial charge >= 0.3 is 5.97 Å². The first-order chi connectivity index (χ1) is 6.10. The van der Waals surface area contributed by atoms with E-state index in [0.717, 1.165) is 18.8 Å². The first-order valence-electron chi connectivity index (χ1n) is 4.89. The van der Waals surface area contributed by atoms with Gasteiger partial charge in [0.25, 0.3) is 0 Å². The van der Waals surface area contributed by atoms with Gasteiger partial charge in [-0.05, 0) is 25.7 Å². The third-order valence-corrected chi connectivity index (χ3v) is 2.94. The predicted molar refractivity (Wildman–Crippen MR) is 47.2 cm³/mol. The van der Waals surface area contributed by atoms with E-state index in [-0.39, 0.29) is 17.5 Å². The normalized spacial score (nSPS) is 35.8. The first kappa shape index (κ1) is 9.00. The molecule has 0 radical (unpaired) electrons. The van der Waals surface area contributed by atoms with Crippen LogP contribution in [0.5, 0.6) is 0 Å². The van der Waals surface area contributed by atoms with Crippen molar-refractivity contribution in [1.29, 1.82) is 0 Å². The predicted octanol–water partition coefficient (Wildman–Crippen LogP) is 1.36. The van der Waals surface area contributed by atoms with Crippen LogP contribution in [0.1, 0.15) is 26.7 Å². The van der Waals surface area contributed by atoms with Crippen molar-refractivity contribution >= 4 is 5.97 Å². The molecule has 1 aliphatic carbocycles. The lowest BCUT2D eigenvalue weighted by Gasteiger charge is -2.39. The smallest absolute Gasteiger partial charge is 0.316 e. The zero-order chi connectivity index (χ0) is 9.47. The molecule has 1 saturated heterocycles. The monoisotopic (exact) mass is 184 g/mol. The summed E-state index contributed by atoms with van der Waals surface area (Å²) in [5.74, 6) is 0.652. The van der Waals surface area contributed by atoms with Gasteiger partial charge in [-0.15, -0.1) is 0 Å². The highest BCUT2D eigenvalue weighted by atomic mass is 16.6. The van der Waals surface area contributed by atoms with E-state index in [4.69, 9.17) is 9.47 Å². The first-order valence-corrected chi connectivity index (χ1v) is 4.89. The van der Waals surface area contributed by atoms with E-state index in [0.29, 0.717) is 13.2 Å². The summed E-state index contributed by atoms with van der Waals surface area (Å²) in [5.41, 5.74) is -0.348. The Hall–Kier alpha value is -0.570. The fourth-order valence-corrected chi connectivity index (χ4v) is 1.74. The zero-order valence-electron chi connectivity index (χ0n) is 8.21. The van der Waals surface area contributed by atoms with Gasteiger partial charge in [0, 0.05) is 0 Å². The van der Waals surface area contributed by atoms with Gasteiger partial charge in [-0.25, -0.2) is 0 Å². The van der Waals surface area contributed by atoms with Crippen molar-refractivity contribution in [2.24, 2.45) is 11.3 Å². The molecule has 1 saturated carbocycles. The van der Waals surface area contributed by atoms with Crippen molar-refractivity contribution in [2.45, 2.75) is 32.8 Å². The molecule has 0 bridgehead atoms. The van der Waals surface area contributed by atoms with Crippen LogP contribution in [0.4, 0.5) is 0 Å². The third-order valence-electron chi connectivity index (χ3n) is 2.94. The fraction of sp³-hybridized carbons (Fsp3) is 0.900. The second kappa shape index (κ2) is 2.98. The van der Waals surface area contributed by atoms with E-state index >= 15 is 0 Å². The lowest BCUT2D eigenvalue weighted by Crippen LogP contribution is -2.49. The lowest BCUT2D eigenvalue weighted by molar-refractivity contribution is -0.192. The Labute approximate surface area is 78.4 Å². The van der Waals surface area contributed by atoms with Gasteiger partial charge in [0.05, 0.1) is 13.2 Å². The third kappa shape index (κ3) is 1.57. The molecule has 3 heteroatoms. The van der Waals surface area contributed by atoms with Gasteiger partial charge in [0.1, 0.15) is 11.5 Å². The van der Waals surface area contributed by atoms with Crippen molar-refractivity contribution in [3.63, 3.8) is 0 Å². The SMILES string of the molecule is CC1CC(OC(=O)C2(C)COC2)C1. The van der Waals surface area contributed by atoms with E-state index < -0.39 is 0 Å². The molecule has 2 rings (SSSR count). The minimum Gasteiger partial charge on any atom is -0.462 e. The van der Waals surface area contributed by atoms with Crippen LogP contribution in [0.15, 0.2) is 0 Å². The highest BCUT2D eigenvalue weighted by Crippen LogP contribution is 2.34. The summed E-state index contributed by atoms with van der Waals surface area (Å²) in [6.07, 6.45) is 2.24. The van der Waals surface area contributed by atoms with Gasteiger partial charge in [0.2, 0.25) is 0 Å². The molecule has 1 heterocycles. The summed E-state index contributed by atoms with van der Waals surface area (Å²) in [7, 11) is 0. The zero-order valence-corrected chi connectivity index (χ0v) is 8.21. The van der Waals surface area contributed by atoms with Crippen molar-refractivity contribution in [3.05, 3.63) is 0 Å². The summed E-state index contributed by atoms with van der Waals surface area (Å²) in [5, 5.41) is 0. The highest BCUT2D eigenvalue weighted by molar-refractivity contribution is 5.77. The number of esters is 1. The van der Waals surface area contributed by atoms with Gasteiger partial charge in [0.15, 0.2) is 0 Å². The average Bonchev–Trinajstić information content (AvgIpc) is 1.97. The highest BCUT2D eigenvalue weighted by Gasteiger charge is 2.44. The Bertz CT molecular complexity index is 214. The molecule has 0 atom stereocenters. The van der Waals surface area contributed by atoms with E-state index in [9.17, 15) is 4.79 Å². The van der Waals surface area contributed by atoms with Crippen LogP contribution in [0.3, 0.4) is 0 Å². The minimum absolute atomic E-state index is 0.0735. The summed E-state index contributed by atoms with van der Waals surface area (Å²) >= 11 is 0. The molecule has 0 aromatic heterocycles. The molecular weight excluding hydrogens is 168 g/mol. The number of carbonyl (C=O) groups excluding carboxylic acids is 1. The molecule has 74 valence electrons. The number of ether oxygens (including phenoxy) is 2. The van der Waals surface area contributed by atoms with Crippen LogP contribution >= 0.6 is 0 Å². The summed E-state index contributed by atoms with van der Waals surface area (Å²) in [4.78, 5) is 11.6. The maximum absolute atomic E-state index is 11.6. The molecule has 2 fully saturated rings. The van der Waals surface area contributed by atoms with Crippen molar-refractivity contribution in [1.82, 2.24) is 0 Å². The Morgan fingerprint density at radius 1 is 1.46 bits per heavy atom. The van der Waals surface area contributed by atoms with E-state index in [1.165, 1.54) is 0 Å². The standard InChI is InChI=1S/C10H16O3/c1-7-3-8(4-7)13-9(11)10(2)5-12-6-10/h7-8H,3-6H2,1-2H3. The molecule has 3 nitrogen and oxygen atoms in total. The minimum atomic E-state index is -0.348.